The Bertz CT molecular complexity index is 1070. The lowest BCUT2D eigenvalue weighted by Crippen LogP contribution is -2.08. The highest BCUT2D eigenvalue weighted by Crippen LogP contribution is 2.41. The minimum Gasteiger partial charge on any atom is -0.497 e. The molecule has 0 bridgehead atoms. The Morgan fingerprint density at radius 1 is 1.19 bits per heavy atom. The van der Waals surface area contributed by atoms with Gasteiger partial charge in [0.15, 0.2) is 9.84 Å². The lowest BCUT2D eigenvalue weighted by Gasteiger charge is -2.08. The van der Waals surface area contributed by atoms with Crippen molar-refractivity contribution in [1.29, 1.82) is 0 Å². The number of hydrogen-bond donors (Lipinski definition) is 0. The number of ether oxygens (including phenoxy) is 1. The molecule has 0 radical (unpaired) electrons. The van der Waals surface area contributed by atoms with Gasteiger partial charge in [-0.15, -0.1) is 5.10 Å². The highest BCUT2D eigenvalue weighted by atomic mass is 32.2. The van der Waals surface area contributed by atoms with E-state index in [-0.39, 0.29) is 10.6 Å². The van der Waals surface area contributed by atoms with Crippen LogP contribution in [0.2, 0.25) is 0 Å². The van der Waals surface area contributed by atoms with Gasteiger partial charge in [-0.05, 0) is 54.7 Å². The van der Waals surface area contributed by atoms with Gasteiger partial charge in [0.2, 0.25) is 5.82 Å². The second-order valence-corrected chi connectivity index (χ2v) is 8.75. The zero-order chi connectivity index (χ0) is 19.0. The van der Waals surface area contributed by atoms with Crippen molar-refractivity contribution in [1.82, 2.24) is 19.7 Å². The van der Waals surface area contributed by atoms with Crippen LogP contribution in [-0.4, -0.2) is 41.0 Å². The molecule has 0 unspecified atom stereocenters. The van der Waals surface area contributed by atoms with Crippen molar-refractivity contribution in [2.45, 2.75) is 30.6 Å². The first-order valence-electron chi connectivity index (χ1n) is 8.81. The summed E-state index contributed by atoms with van der Waals surface area (Å²) in [7, 11) is -1.83. The fourth-order valence-electron chi connectivity index (χ4n) is 2.89. The molecule has 7 nitrogen and oxygen atoms in total. The van der Waals surface area contributed by atoms with E-state index in [1.165, 1.54) is 0 Å². The lowest BCUT2D eigenvalue weighted by atomic mass is 10.2. The van der Waals surface area contributed by atoms with Gasteiger partial charge in [0, 0.05) is 6.20 Å². The quantitative estimate of drug-likeness (QED) is 0.649. The summed E-state index contributed by atoms with van der Waals surface area (Å²) in [5.41, 5.74) is 2.07. The van der Waals surface area contributed by atoms with E-state index in [0.29, 0.717) is 17.4 Å². The lowest BCUT2D eigenvalue weighted by molar-refractivity contribution is 0.414. The number of rotatable bonds is 6. The topological polar surface area (TPSA) is 87.0 Å². The molecule has 140 valence electrons. The highest BCUT2D eigenvalue weighted by Gasteiger charge is 2.28. The molecule has 1 aliphatic carbocycles. The Kier molecular flexibility index (Phi) is 4.43. The van der Waals surface area contributed by atoms with E-state index in [1.807, 2.05) is 24.3 Å². The Hall–Kier alpha value is -2.74. The molecule has 27 heavy (non-hydrogen) atoms. The van der Waals surface area contributed by atoms with Crippen LogP contribution in [0.3, 0.4) is 0 Å². The Morgan fingerprint density at radius 3 is 2.56 bits per heavy atom. The van der Waals surface area contributed by atoms with Gasteiger partial charge in [-0.25, -0.2) is 18.1 Å². The fraction of sp³-hybridized carbons (Fsp3) is 0.316. The number of nitrogens with zero attached hydrogens (tertiary/aromatic N) is 4. The smallest absolute Gasteiger partial charge is 0.201 e. The minimum atomic E-state index is -3.44. The summed E-state index contributed by atoms with van der Waals surface area (Å²) in [6, 6.07) is 9.10. The Labute approximate surface area is 158 Å². The van der Waals surface area contributed by atoms with E-state index in [4.69, 9.17) is 4.74 Å². The van der Waals surface area contributed by atoms with Crippen molar-refractivity contribution in [2.24, 2.45) is 0 Å². The summed E-state index contributed by atoms with van der Waals surface area (Å²) < 4.78 is 32.0. The zero-order valence-electron chi connectivity index (χ0n) is 15.2. The van der Waals surface area contributed by atoms with Crippen LogP contribution < -0.4 is 4.74 Å². The molecular formula is C19H20N4O3S. The van der Waals surface area contributed by atoms with Crippen LogP contribution >= 0.6 is 0 Å². The molecule has 1 fully saturated rings. The average Bonchev–Trinajstić information content (AvgIpc) is 3.44. The number of methoxy groups -OCH3 is 1. The van der Waals surface area contributed by atoms with Gasteiger partial charge in [0.1, 0.15) is 17.8 Å². The molecule has 0 spiro atoms. The number of sulfone groups is 1. The summed E-state index contributed by atoms with van der Waals surface area (Å²) in [5.74, 6) is 1.46. The first-order chi connectivity index (χ1) is 13.0. The highest BCUT2D eigenvalue weighted by molar-refractivity contribution is 7.91. The predicted molar refractivity (Wildman–Crippen MR) is 101 cm³/mol. The Morgan fingerprint density at radius 2 is 1.93 bits per heavy atom. The molecule has 1 aromatic carbocycles. The van der Waals surface area contributed by atoms with E-state index in [0.717, 1.165) is 29.8 Å². The van der Waals surface area contributed by atoms with Crippen LogP contribution in [-0.2, 0) is 9.84 Å². The molecule has 0 aliphatic heterocycles. The molecule has 1 aliphatic rings. The van der Waals surface area contributed by atoms with Crippen molar-refractivity contribution in [2.75, 3.05) is 12.9 Å². The van der Waals surface area contributed by atoms with Gasteiger partial charge in [0.25, 0.3) is 0 Å². The minimum absolute atomic E-state index is 0.00892. The molecule has 0 atom stereocenters. The van der Waals surface area contributed by atoms with Gasteiger partial charge in [0.05, 0.1) is 23.4 Å². The second kappa shape index (κ2) is 6.77. The average molecular weight is 384 g/mol. The predicted octanol–water partition coefficient (Wildman–Crippen LogP) is 3.01. The summed E-state index contributed by atoms with van der Waals surface area (Å²) >= 11 is 0. The first-order valence-corrected chi connectivity index (χ1v) is 10.5. The maximum absolute atomic E-state index is 12.6. The maximum Gasteiger partial charge on any atom is 0.201 e. The summed E-state index contributed by atoms with van der Waals surface area (Å²) in [6.07, 6.45) is 5.46. The molecule has 2 aromatic heterocycles. The first kappa shape index (κ1) is 17.7. The number of benzene rings is 1. The maximum atomic E-state index is 12.6. The van der Waals surface area contributed by atoms with Gasteiger partial charge in [-0.1, -0.05) is 6.92 Å². The monoisotopic (exact) mass is 384 g/mol. The second-order valence-electron chi connectivity index (χ2n) is 6.50. The molecule has 8 heteroatoms. The third-order valence-electron chi connectivity index (χ3n) is 4.68. The van der Waals surface area contributed by atoms with Crippen LogP contribution in [0.25, 0.3) is 17.2 Å². The van der Waals surface area contributed by atoms with Crippen LogP contribution in [0.15, 0.2) is 47.8 Å². The normalized spacial score (nSPS) is 14.3. The molecule has 0 N–H and O–H groups in total. The van der Waals surface area contributed by atoms with E-state index in [2.05, 4.69) is 15.1 Å². The number of pyridine rings is 1. The standard InChI is InChI=1S/C19H20N4O3S/c1-3-27(24,25)17-10-14(13-4-5-13)11-20-18(17)19-21-12-23(22-19)15-6-8-16(26-2)9-7-15/h6-13H,3-5H2,1-2H3. The van der Waals surface area contributed by atoms with Gasteiger partial charge in [-0.3, -0.25) is 4.98 Å². The van der Waals surface area contributed by atoms with Gasteiger partial charge < -0.3 is 4.74 Å². The summed E-state index contributed by atoms with van der Waals surface area (Å²) in [5, 5.41) is 4.44. The van der Waals surface area contributed by atoms with E-state index < -0.39 is 9.84 Å². The molecule has 3 aromatic rings. The molecule has 0 saturated heterocycles. The molecular weight excluding hydrogens is 364 g/mol. The van der Waals surface area contributed by atoms with Crippen LogP contribution in [0.5, 0.6) is 5.75 Å². The van der Waals surface area contributed by atoms with Crippen LogP contribution in [0.4, 0.5) is 0 Å². The molecule has 2 heterocycles. The van der Waals surface area contributed by atoms with E-state index in [1.54, 1.807) is 37.3 Å². The van der Waals surface area contributed by atoms with Crippen molar-refractivity contribution in [3.8, 4) is 23.0 Å². The van der Waals surface area contributed by atoms with Crippen molar-refractivity contribution >= 4 is 9.84 Å². The fourth-order valence-corrected chi connectivity index (χ4v) is 3.96. The van der Waals surface area contributed by atoms with Crippen molar-refractivity contribution in [3.63, 3.8) is 0 Å². The molecule has 0 amide bonds. The Balaban J connectivity index is 1.76. The summed E-state index contributed by atoms with van der Waals surface area (Å²) in [4.78, 5) is 8.93. The largest absolute Gasteiger partial charge is 0.497 e. The SMILES string of the molecule is CCS(=O)(=O)c1cc(C2CC2)cnc1-c1ncn(-c2ccc(OC)cc2)n1. The molecule has 1 saturated carbocycles. The van der Waals surface area contributed by atoms with Crippen LogP contribution in [0, 0.1) is 0 Å². The molecule has 4 rings (SSSR count). The zero-order valence-corrected chi connectivity index (χ0v) is 16.0. The van der Waals surface area contributed by atoms with Crippen molar-refractivity contribution in [3.05, 3.63) is 48.4 Å². The van der Waals surface area contributed by atoms with E-state index in [9.17, 15) is 8.42 Å². The van der Waals surface area contributed by atoms with Crippen LogP contribution in [0.1, 0.15) is 31.2 Å². The number of aromatic nitrogens is 4. The van der Waals surface area contributed by atoms with Crippen molar-refractivity contribution < 1.29 is 13.2 Å². The van der Waals surface area contributed by atoms with Gasteiger partial charge in [-0.2, -0.15) is 0 Å². The van der Waals surface area contributed by atoms with Gasteiger partial charge >= 0.3 is 0 Å². The van der Waals surface area contributed by atoms with E-state index >= 15 is 0 Å². The summed E-state index contributed by atoms with van der Waals surface area (Å²) in [6.45, 7) is 1.63. The third-order valence-corrected chi connectivity index (χ3v) is 6.42. The number of hydrogen-bond acceptors (Lipinski definition) is 6. The third kappa shape index (κ3) is 3.44.